The van der Waals surface area contributed by atoms with E-state index in [-0.39, 0.29) is 5.92 Å². The zero-order valence-corrected chi connectivity index (χ0v) is 16.0. The molecule has 0 radical (unpaired) electrons. The van der Waals surface area contributed by atoms with Gasteiger partial charge in [0.05, 0.1) is 26.9 Å². The minimum Gasteiger partial charge on any atom is -0.494 e. The predicted molar refractivity (Wildman–Crippen MR) is 97.6 cm³/mol. The number of rotatable bonds is 11. The Hall–Kier alpha value is -1.95. The highest BCUT2D eigenvalue weighted by Crippen LogP contribution is 2.42. The Balaban J connectivity index is 3.32. The number of hydrogen-bond acceptors (Lipinski definition) is 6. The van der Waals surface area contributed by atoms with Crippen molar-refractivity contribution in [1.82, 2.24) is 0 Å². The van der Waals surface area contributed by atoms with Gasteiger partial charge in [0.1, 0.15) is 23.3 Å². The first-order valence-electron chi connectivity index (χ1n) is 8.91. The number of esters is 1. The smallest absolute Gasteiger partial charge is 0.322 e. The Kier molecular flexibility index (Phi) is 9.13. The van der Waals surface area contributed by atoms with Gasteiger partial charge >= 0.3 is 5.97 Å². The number of nitrogens with two attached hydrogens (primary N) is 1. The lowest BCUT2D eigenvalue weighted by atomic mass is 9.88. The van der Waals surface area contributed by atoms with Gasteiger partial charge in [-0.3, -0.25) is 4.79 Å². The lowest BCUT2D eigenvalue weighted by Crippen LogP contribution is -2.33. The molecule has 0 bridgehead atoms. The van der Waals surface area contributed by atoms with Crippen LogP contribution >= 0.6 is 0 Å². The highest BCUT2D eigenvalue weighted by atomic mass is 16.5. The van der Waals surface area contributed by atoms with Gasteiger partial charge in [0.25, 0.3) is 0 Å². The molecule has 2 N–H and O–H groups in total. The van der Waals surface area contributed by atoms with Gasteiger partial charge in [-0.25, -0.2) is 0 Å². The lowest BCUT2D eigenvalue weighted by Gasteiger charge is -2.25. The molecule has 142 valence electrons. The molecular weight excluding hydrogens is 322 g/mol. The van der Waals surface area contributed by atoms with Gasteiger partial charge in [0, 0.05) is 17.7 Å². The van der Waals surface area contributed by atoms with Gasteiger partial charge < -0.3 is 24.7 Å². The normalized spacial score (nSPS) is 13.0. The summed E-state index contributed by atoms with van der Waals surface area (Å²) in [5, 5.41) is 0. The van der Waals surface area contributed by atoms with Crippen molar-refractivity contribution in [2.45, 2.75) is 52.5 Å². The molecule has 0 fully saturated rings. The molecule has 0 amide bonds. The summed E-state index contributed by atoms with van der Waals surface area (Å²) in [6.07, 6.45) is 1.25. The SMILES string of the molecule is CCOc1cc(OCC)c(C(CC)CC(N)C(=O)OC)c(OCC)c1. The summed E-state index contributed by atoms with van der Waals surface area (Å²) >= 11 is 0. The molecule has 0 heterocycles. The quantitative estimate of drug-likeness (QED) is 0.615. The molecule has 0 aliphatic carbocycles. The Morgan fingerprint density at radius 2 is 1.52 bits per heavy atom. The molecule has 0 spiro atoms. The topological polar surface area (TPSA) is 80.0 Å². The largest absolute Gasteiger partial charge is 0.494 e. The van der Waals surface area contributed by atoms with Crippen LogP contribution in [0.15, 0.2) is 12.1 Å². The third-order valence-electron chi connectivity index (χ3n) is 3.93. The van der Waals surface area contributed by atoms with Gasteiger partial charge in [-0.1, -0.05) is 6.92 Å². The van der Waals surface area contributed by atoms with Gasteiger partial charge in [-0.05, 0) is 39.5 Å². The van der Waals surface area contributed by atoms with Crippen molar-refractivity contribution in [2.75, 3.05) is 26.9 Å². The highest BCUT2D eigenvalue weighted by molar-refractivity contribution is 5.75. The molecule has 0 aliphatic heterocycles. The standard InChI is InChI=1S/C19H31NO5/c1-6-13(10-15(20)19(21)22-5)18-16(24-8-3)11-14(23-7-2)12-17(18)25-9-4/h11-13,15H,6-10,20H2,1-5H3. The molecule has 25 heavy (non-hydrogen) atoms. The maximum absolute atomic E-state index is 11.7. The van der Waals surface area contributed by atoms with Crippen molar-refractivity contribution in [3.8, 4) is 17.2 Å². The van der Waals surface area contributed by atoms with E-state index >= 15 is 0 Å². The molecule has 0 aliphatic rings. The van der Waals surface area contributed by atoms with Crippen molar-refractivity contribution in [1.29, 1.82) is 0 Å². The molecule has 0 aromatic heterocycles. The van der Waals surface area contributed by atoms with Gasteiger partial charge in [-0.2, -0.15) is 0 Å². The van der Waals surface area contributed by atoms with E-state index in [2.05, 4.69) is 6.92 Å². The summed E-state index contributed by atoms with van der Waals surface area (Å²) in [6.45, 7) is 9.44. The van der Waals surface area contributed by atoms with Crippen LogP contribution in [-0.4, -0.2) is 38.9 Å². The van der Waals surface area contributed by atoms with Crippen LogP contribution in [0.5, 0.6) is 17.2 Å². The number of carbonyl (C=O) groups excluding carboxylic acids is 1. The number of carbonyl (C=O) groups is 1. The van der Waals surface area contributed by atoms with E-state index in [1.54, 1.807) is 0 Å². The summed E-state index contributed by atoms with van der Waals surface area (Å²) in [5.74, 6) is 1.71. The summed E-state index contributed by atoms with van der Waals surface area (Å²) in [7, 11) is 1.34. The first-order chi connectivity index (χ1) is 12.0. The zero-order valence-electron chi connectivity index (χ0n) is 16.0. The van der Waals surface area contributed by atoms with E-state index in [1.165, 1.54) is 7.11 Å². The van der Waals surface area contributed by atoms with E-state index in [0.29, 0.717) is 43.5 Å². The molecule has 6 nitrogen and oxygen atoms in total. The first kappa shape index (κ1) is 21.1. The van der Waals surface area contributed by atoms with Gasteiger partial charge in [-0.15, -0.1) is 0 Å². The summed E-state index contributed by atoms with van der Waals surface area (Å²) in [6, 6.07) is 3.06. The Bertz CT molecular complexity index is 520. The second kappa shape index (κ2) is 10.8. The Labute approximate surface area is 150 Å². The Morgan fingerprint density at radius 3 is 1.92 bits per heavy atom. The predicted octanol–water partition coefficient (Wildman–Crippen LogP) is 3.27. The fraction of sp³-hybridized carbons (Fsp3) is 0.632. The number of ether oxygens (including phenoxy) is 4. The molecule has 1 rings (SSSR count). The lowest BCUT2D eigenvalue weighted by molar-refractivity contribution is -0.142. The molecular formula is C19H31NO5. The Morgan fingerprint density at radius 1 is 1.00 bits per heavy atom. The maximum atomic E-state index is 11.7. The van der Waals surface area contributed by atoms with Crippen molar-refractivity contribution in [3.63, 3.8) is 0 Å². The fourth-order valence-electron chi connectivity index (χ4n) is 2.82. The molecule has 6 heteroatoms. The first-order valence-corrected chi connectivity index (χ1v) is 8.91. The van der Waals surface area contributed by atoms with Crippen LogP contribution in [0.3, 0.4) is 0 Å². The summed E-state index contributed by atoms with van der Waals surface area (Å²) < 4.78 is 22.1. The van der Waals surface area contributed by atoms with Crippen LogP contribution in [0.25, 0.3) is 0 Å². The third kappa shape index (κ3) is 5.81. The van der Waals surface area contributed by atoms with Crippen LogP contribution in [0.1, 0.15) is 52.0 Å². The van der Waals surface area contributed by atoms with Crippen molar-refractivity contribution < 1.29 is 23.7 Å². The summed E-state index contributed by atoms with van der Waals surface area (Å²) in [4.78, 5) is 11.7. The number of methoxy groups -OCH3 is 1. The second-order valence-corrected chi connectivity index (χ2v) is 5.60. The fourth-order valence-corrected chi connectivity index (χ4v) is 2.82. The minimum atomic E-state index is -0.689. The molecule has 2 atom stereocenters. The van der Waals surface area contributed by atoms with Gasteiger partial charge in [0.2, 0.25) is 0 Å². The number of hydrogen-bond donors (Lipinski definition) is 1. The van der Waals surface area contributed by atoms with Crippen LogP contribution in [0, 0.1) is 0 Å². The van der Waals surface area contributed by atoms with Crippen LogP contribution in [-0.2, 0) is 9.53 Å². The average molecular weight is 353 g/mol. The van der Waals surface area contributed by atoms with Crippen molar-refractivity contribution in [3.05, 3.63) is 17.7 Å². The monoisotopic (exact) mass is 353 g/mol. The van der Waals surface area contributed by atoms with Crippen LogP contribution < -0.4 is 19.9 Å². The van der Waals surface area contributed by atoms with E-state index in [0.717, 1.165) is 12.0 Å². The highest BCUT2D eigenvalue weighted by Gasteiger charge is 2.26. The third-order valence-corrected chi connectivity index (χ3v) is 3.93. The minimum absolute atomic E-state index is 0.00729. The molecule has 2 unspecified atom stereocenters. The maximum Gasteiger partial charge on any atom is 0.322 e. The molecule has 1 aromatic carbocycles. The van der Waals surface area contributed by atoms with Crippen molar-refractivity contribution in [2.24, 2.45) is 5.73 Å². The number of benzene rings is 1. The van der Waals surface area contributed by atoms with Crippen LogP contribution in [0.4, 0.5) is 0 Å². The van der Waals surface area contributed by atoms with Crippen LogP contribution in [0.2, 0.25) is 0 Å². The summed E-state index contributed by atoms with van der Waals surface area (Å²) in [5.41, 5.74) is 6.91. The molecule has 0 saturated carbocycles. The second-order valence-electron chi connectivity index (χ2n) is 5.60. The van der Waals surface area contributed by atoms with E-state index in [9.17, 15) is 4.79 Å². The molecule has 1 aromatic rings. The van der Waals surface area contributed by atoms with E-state index in [1.807, 2.05) is 32.9 Å². The van der Waals surface area contributed by atoms with E-state index in [4.69, 9.17) is 24.7 Å². The average Bonchev–Trinajstić information content (AvgIpc) is 2.60. The van der Waals surface area contributed by atoms with Crippen molar-refractivity contribution >= 4 is 5.97 Å². The van der Waals surface area contributed by atoms with Gasteiger partial charge in [0.15, 0.2) is 0 Å². The van der Waals surface area contributed by atoms with E-state index < -0.39 is 12.0 Å². The molecule has 0 saturated heterocycles. The zero-order chi connectivity index (χ0) is 18.8.